The first-order valence-electron chi connectivity index (χ1n) is 5.07. The zero-order valence-corrected chi connectivity index (χ0v) is 9.60. The molecule has 17 heavy (non-hydrogen) atoms. The van der Waals surface area contributed by atoms with Gasteiger partial charge in [-0.15, -0.1) is 0 Å². The van der Waals surface area contributed by atoms with Gasteiger partial charge in [0.2, 0.25) is 0 Å². The van der Waals surface area contributed by atoms with Crippen LogP contribution < -0.4 is 5.32 Å². The van der Waals surface area contributed by atoms with Crippen molar-refractivity contribution in [1.82, 2.24) is 5.32 Å². The molecule has 92 valence electrons. The molecule has 0 saturated heterocycles. The van der Waals surface area contributed by atoms with Crippen LogP contribution in [0.1, 0.15) is 25.0 Å². The Morgan fingerprint density at radius 1 is 1.24 bits per heavy atom. The van der Waals surface area contributed by atoms with Gasteiger partial charge in [-0.1, -0.05) is 12.1 Å². The summed E-state index contributed by atoms with van der Waals surface area (Å²) in [5.74, 6) is 0. The van der Waals surface area contributed by atoms with Crippen LogP contribution in [0.25, 0.3) is 0 Å². The maximum absolute atomic E-state index is 12.5. The van der Waals surface area contributed by atoms with Crippen molar-refractivity contribution in [3.8, 4) is 6.07 Å². The summed E-state index contributed by atoms with van der Waals surface area (Å²) >= 11 is 0. The van der Waals surface area contributed by atoms with Gasteiger partial charge < -0.3 is 0 Å². The molecule has 0 saturated carbocycles. The van der Waals surface area contributed by atoms with Crippen LogP contribution in [0, 0.1) is 11.3 Å². The number of halogens is 3. The van der Waals surface area contributed by atoms with Crippen LogP contribution in [0.5, 0.6) is 0 Å². The molecule has 0 amide bonds. The summed E-state index contributed by atoms with van der Waals surface area (Å²) in [5, 5.41) is 11.3. The molecule has 0 bridgehead atoms. The monoisotopic (exact) mass is 242 g/mol. The van der Waals surface area contributed by atoms with E-state index in [0.29, 0.717) is 5.56 Å². The quantitative estimate of drug-likeness (QED) is 0.827. The maximum atomic E-state index is 12.5. The first-order chi connectivity index (χ1) is 7.77. The van der Waals surface area contributed by atoms with Gasteiger partial charge in [0.15, 0.2) is 0 Å². The van der Waals surface area contributed by atoms with Crippen molar-refractivity contribution in [2.45, 2.75) is 25.6 Å². The highest BCUT2D eigenvalue weighted by atomic mass is 19.4. The molecule has 1 aromatic rings. The molecule has 0 aromatic heterocycles. The van der Waals surface area contributed by atoms with Gasteiger partial charge in [0.1, 0.15) is 0 Å². The largest absolute Gasteiger partial charge is 0.416 e. The summed E-state index contributed by atoms with van der Waals surface area (Å²) in [7, 11) is 0. The molecule has 0 aliphatic rings. The minimum absolute atomic E-state index is 0.0866. The second-order valence-corrected chi connectivity index (χ2v) is 4.22. The summed E-state index contributed by atoms with van der Waals surface area (Å²) in [4.78, 5) is 0. The fourth-order valence-corrected chi connectivity index (χ4v) is 1.45. The third-order valence-electron chi connectivity index (χ3n) is 2.52. The second-order valence-electron chi connectivity index (χ2n) is 4.22. The Labute approximate surface area is 98.1 Å². The zero-order chi connectivity index (χ0) is 13.1. The standard InChI is InChI=1S/C12H13F3N2/c1-11(2,17-7-6-16)9-4-3-5-10(8-9)12(13,14)15/h3-5,8,17H,7H2,1-2H3. The van der Waals surface area contributed by atoms with Crippen LogP contribution in [0.15, 0.2) is 24.3 Å². The van der Waals surface area contributed by atoms with Crippen LogP contribution in [-0.4, -0.2) is 6.54 Å². The van der Waals surface area contributed by atoms with Gasteiger partial charge in [0.25, 0.3) is 0 Å². The average Bonchev–Trinajstić information content (AvgIpc) is 2.25. The molecular formula is C12H13F3N2. The number of benzene rings is 1. The Morgan fingerprint density at radius 2 is 1.82 bits per heavy atom. The molecule has 0 unspecified atom stereocenters. The topological polar surface area (TPSA) is 35.8 Å². The number of nitrogens with zero attached hydrogens (tertiary/aromatic N) is 1. The highest BCUT2D eigenvalue weighted by molar-refractivity contribution is 5.30. The average molecular weight is 242 g/mol. The van der Waals surface area contributed by atoms with E-state index in [0.717, 1.165) is 12.1 Å². The molecule has 1 N–H and O–H groups in total. The molecule has 0 heterocycles. The minimum Gasteiger partial charge on any atom is -0.295 e. The molecule has 0 atom stereocenters. The molecule has 0 fully saturated rings. The lowest BCUT2D eigenvalue weighted by Crippen LogP contribution is -2.36. The third kappa shape index (κ3) is 3.46. The molecule has 2 nitrogen and oxygen atoms in total. The number of nitrogens with one attached hydrogen (secondary N) is 1. The number of hydrogen-bond donors (Lipinski definition) is 1. The summed E-state index contributed by atoms with van der Waals surface area (Å²) < 4.78 is 37.6. The van der Waals surface area contributed by atoms with Gasteiger partial charge in [-0.3, -0.25) is 5.32 Å². The highest BCUT2D eigenvalue weighted by Gasteiger charge is 2.31. The Hall–Kier alpha value is -1.54. The minimum atomic E-state index is -4.35. The van der Waals surface area contributed by atoms with Crippen LogP contribution >= 0.6 is 0 Å². The van der Waals surface area contributed by atoms with E-state index in [1.807, 2.05) is 6.07 Å². The molecular weight excluding hydrogens is 229 g/mol. The summed E-state index contributed by atoms with van der Waals surface area (Å²) in [6.45, 7) is 3.56. The van der Waals surface area contributed by atoms with E-state index in [9.17, 15) is 13.2 Å². The summed E-state index contributed by atoms with van der Waals surface area (Å²) in [5.41, 5.74) is -0.846. The van der Waals surface area contributed by atoms with E-state index in [1.165, 1.54) is 6.07 Å². The lowest BCUT2D eigenvalue weighted by molar-refractivity contribution is -0.137. The van der Waals surface area contributed by atoms with Crippen LogP contribution in [-0.2, 0) is 11.7 Å². The fourth-order valence-electron chi connectivity index (χ4n) is 1.45. The number of alkyl halides is 3. The highest BCUT2D eigenvalue weighted by Crippen LogP contribution is 2.31. The van der Waals surface area contributed by atoms with Gasteiger partial charge in [0.05, 0.1) is 18.2 Å². The van der Waals surface area contributed by atoms with Crippen molar-refractivity contribution in [3.63, 3.8) is 0 Å². The van der Waals surface area contributed by atoms with Gasteiger partial charge >= 0.3 is 6.18 Å². The zero-order valence-electron chi connectivity index (χ0n) is 9.60. The van der Waals surface area contributed by atoms with E-state index in [2.05, 4.69) is 5.32 Å². The van der Waals surface area contributed by atoms with Crippen molar-refractivity contribution in [1.29, 1.82) is 5.26 Å². The van der Waals surface area contributed by atoms with Crippen molar-refractivity contribution in [3.05, 3.63) is 35.4 Å². The number of nitriles is 1. The van der Waals surface area contributed by atoms with Gasteiger partial charge in [-0.25, -0.2) is 0 Å². The number of hydrogen-bond acceptors (Lipinski definition) is 2. The normalized spacial score (nSPS) is 12.2. The van der Waals surface area contributed by atoms with Crippen molar-refractivity contribution in [2.75, 3.05) is 6.54 Å². The first kappa shape index (κ1) is 13.5. The molecule has 0 spiro atoms. The Bertz CT molecular complexity index is 430. The van der Waals surface area contributed by atoms with Crippen LogP contribution in [0.2, 0.25) is 0 Å². The van der Waals surface area contributed by atoms with E-state index in [1.54, 1.807) is 19.9 Å². The fraction of sp³-hybridized carbons (Fsp3) is 0.417. The number of rotatable bonds is 3. The molecule has 5 heteroatoms. The van der Waals surface area contributed by atoms with Gasteiger partial charge in [-0.05, 0) is 31.5 Å². The van der Waals surface area contributed by atoms with Gasteiger partial charge in [0, 0.05) is 5.54 Å². The molecule has 1 rings (SSSR count). The smallest absolute Gasteiger partial charge is 0.295 e. The molecule has 0 aliphatic carbocycles. The van der Waals surface area contributed by atoms with Crippen molar-refractivity contribution in [2.24, 2.45) is 0 Å². The maximum Gasteiger partial charge on any atom is 0.416 e. The lowest BCUT2D eigenvalue weighted by Gasteiger charge is -2.26. The third-order valence-corrected chi connectivity index (χ3v) is 2.52. The lowest BCUT2D eigenvalue weighted by atomic mass is 9.92. The molecule has 1 aromatic carbocycles. The Kier molecular flexibility index (Phi) is 3.79. The van der Waals surface area contributed by atoms with Crippen molar-refractivity contribution < 1.29 is 13.2 Å². The van der Waals surface area contributed by atoms with E-state index < -0.39 is 17.3 Å². The van der Waals surface area contributed by atoms with Crippen molar-refractivity contribution >= 4 is 0 Å². The second kappa shape index (κ2) is 4.76. The summed E-state index contributed by atoms with van der Waals surface area (Å²) in [6.07, 6.45) is -4.35. The Balaban J connectivity index is 3.03. The van der Waals surface area contributed by atoms with E-state index in [4.69, 9.17) is 5.26 Å². The Morgan fingerprint density at radius 3 is 2.35 bits per heavy atom. The van der Waals surface area contributed by atoms with Crippen LogP contribution in [0.3, 0.4) is 0 Å². The van der Waals surface area contributed by atoms with Gasteiger partial charge in [-0.2, -0.15) is 18.4 Å². The van der Waals surface area contributed by atoms with E-state index in [-0.39, 0.29) is 6.54 Å². The molecule has 0 radical (unpaired) electrons. The molecule has 0 aliphatic heterocycles. The predicted octanol–water partition coefficient (Wildman–Crippen LogP) is 3.05. The summed E-state index contributed by atoms with van der Waals surface area (Å²) in [6, 6.07) is 7.02. The van der Waals surface area contributed by atoms with E-state index >= 15 is 0 Å². The predicted molar refractivity (Wildman–Crippen MR) is 58.1 cm³/mol. The van der Waals surface area contributed by atoms with Crippen LogP contribution in [0.4, 0.5) is 13.2 Å². The SMILES string of the molecule is CC(C)(NCC#N)c1cccc(C(F)(F)F)c1. The first-order valence-corrected chi connectivity index (χ1v) is 5.07.